The molecule has 0 heterocycles. The molecular weight excluding hydrogens is 94.0 g/mol. The van der Waals surface area contributed by atoms with Gasteiger partial charge in [-0.05, 0) is 6.92 Å². The fourth-order valence-corrected chi connectivity index (χ4v) is 0.166. The van der Waals surface area contributed by atoms with Crippen molar-refractivity contribution < 1.29 is 10.2 Å². The Balaban J connectivity index is 3.14. The molecule has 4 N–H and O–H groups in total. The molecule has 3 heteroatoms. The number of nitrogens with two attached hydrogens (primary N) is 1. The Kier molecular flexibility index (Phi) is 2.91. The highest BCUT2D eigenvalue weighted by Crippen LogP contribution is 1.83. The first-order chi connectivity index (χ1) is 3.18. The van der Waals surface area contributed by atoms with Crippen molar-refractivity contribution in [1.29, 1.82) is 0 Å². The minimum absolute atomic E-state index is 0.252. The van der Waals surface area contributed by atoms with E-state index in [9.17, 15) is 0 Å². The Bertz CT molecular complexity index is 47.0. The van der Waals surface area contributed by atoms with Crippen molar-refractivity contribution in [3.05, 3.63) is 0 Å². The summed E-state index contributed by atoms with van der Waals surface area (Å²) in [5.74, 6) is 0. The van der Waals surface area contributed by atoms with Crippen molar-refractivity contribution in [3.8, 4) is 0 Å². The first-order valence-corrected chi connectivity index (χ1v) is 2.23. The summed E-state index contributed by atoms with van der Waals surface area (Å²) in [4.78, 5) is 0. The van der Waals surface area contributed by atoms with Crippen molar-refractivity contribution in [2.24, 2.45) is 5.73 Å². The maximum Gasteiger partial charge on any atom is 0.0918 e. The van der Waals surface area contributed by atoms with Crippen LogP contribution in [-0.2, 0) is 0 Å². The molecule has 0 saturated carbocycles. The second-order valence-electron chi connectivity index (χ2n) is 1.61. The highest BCUT2D eigenvalue weighted by molar-refractivity contribution is 4.62. The fourth-order valence-electron chi connectivity index (χ4n) is 0.166. The van der Waals surface area contributed by atoms with Crippen LogP contribution in [0.2, 0.25) is 0 Å². The number of aliphatic hydroxyl groups excluding tert-OH is 2. The number of rotatable bonds is 2. The van der Waals surface area contributed by atoms with Gasteiger partial charge in [-0.2, -0.15) is 0 Å². The van der Waals surface area contributed by atoms with Gasteiger partial charge in [0.1, 0.15) is 0 Å². The molecule has 44 valence electrons. The summed E-state index contributed by atoms with van der Waals surface area (Å²) < 4.78 is 0. The zero-order valence-corrected chi connectivity index (χ0v) is 4.33. The second-order valence-corrected chi connectivity index (χ2v) is 1.61. The van der Waals surface area contributed by atoms with Gasteiger partial charge in [-0.1, -0.05) is 0 Å². The molecule has 0 radical (unpaired) electrons. The van der Waals surface area contributed by atoms with Gasteiger partial charge in [0.15, 0.2) is 0 Å². The normalized spacial score (nSPS) is 18.9. The van der Waals surface area contributed by atoms with E-state index in [4.69, 9.17) is 15.9 Å². The Labute approximate surface area is 42.8 Å². The van der Waals surface area contributed by atoms with Gasteiger partial charge in [-0.3, -0.25) is 0 Å². The summed E-state index contributed by atoms with van der Waals surface area (Å²) >= 11 is 0. The monoisotopic (exact) mass is 105 g/mol. The standard InChI is InChI=1S/C4H11NO2/c1-3(5)4(7)2-6/h3-4,6-7H,2,5H2,1H3/t3?,4-/m0/s1. The maximum atomic E-state index is 8.56. The molecule has 0 bridgehead atoms. The number of hydrogen-bond acceptors (Lipinski definition) is 3. The molecule has 0 aliphatic carbocycles. The molecule has 0 rings (SSSR count). The Morgan fingerprint density at radius 3 is 2.14 bits per heavy atom. The molecule has 0 saturated heterocycles. The van der Waals surface area contributed by atoms with Gasteiger partial charge in [0.2, 0.25) is 0 Å². The average molecular weight is 105 g/mol. The molecule has 0 aromatic rings. The summed E-state index contributed by atoms with van der Waals surface area (Å²) in [5.41, 5.74) is 5.14. The van der Waals surface area contributed by atoms with E-state index in [1.165, 1.54) is 0 Å². The lowest BCUT2D eigenvalue weighted by Crippen LogP contribution is -2.33. The van der Waals surface area contributed by atoms with Crippen LogP contribution >= 0.6 is 0 Å². The minimum atomic E-state index is -0.764. The van der Waals surface area contributed by atoms with Crippen molar-refractivity contribution in [2.45, 2.75) is 19.1 Å². The molecule has 0 aliphatic heterocycles. The molecular formula is C4H11NO2. The predicted molar refractivity (Wildman–Crippen MR) is 26.7 cm³/mol. The first-order valence-electron chi connectivity index (χ1n) is 2.23. The lowest BCUT2D eigenvalue weighted by atomic mass is 10.2. The van der Waals surface area contributed by atoms with Crippen LogP contribution in [0.15, 0.2) is 0 Å². The van der Waals surface area contributed by atoms with Gasteiger partial charge in [0.25, 0.3) is 0 Å². The molecule has 0 aromatic heterocycles. The zero-order valence-electron chi connectivity index (χ0n) is 4.33. The quantitative estimate of drug-likeness (QED) is 0.408. The third kappa shape index (κ3) is 2.56. The summed E-state index contributed by atoms with van der Waals surface area (Å²) in [6.45, 7) is 1.39. The molecule has 0 amide bonds. The summed E-state index contributed by atoms with van der Waals surface area (Å²) in [6.07, 6.45) is -0.764. The van der Waals surface area contributed by atoms with Crippen molar-refractivity contribution in [3.63, 3.8) is 0 Å². The van der Waals surface area contributed by atoms with Crippen LogP contribution in [0.4, 0.5) is 0 Å². The summed E-state index contributed by atoms with van der Waals surface area (Å²) in [7, 11) is 0. The van der Waals surface area contributed by atoms with E-state index in [1.807, 2.05) is 0 Å². The average Bonchev–Trinajstić information content (AvgIpc) is 1.65. The molecule has 0 fully saturated rings. The summed E-state index contributed by atoms with van der Waals surface area (Å²) in [6, 6.07) is -0.329. The molecule has 1 unspecified atom stereocenters. The second kappa shape index (κ2) is 2.96. The SMILES string of the molecule is CC(N)[C@@H](O)CO. The van der Waals surface area contributed by atoms with E-state index < -0.39 is 6.10 Å². The van der Waals surface area contributed by atoms with Crippen LogP contribution in [0, 0.1) is 0 Å². The largest absolute Gasteiger partial charge is 0.394 e. The highest BCUT2D eigenvalue weighted by Gasteiger charge is 2.05. The molecule has 7 heavy (non-hydrogen) atoms. The van der Waals surface area contributed by atoms with Crippen molar-refractivity contribution in [2.75, 3.05) is 6.61 Å². The predicted octanol–water partition coefficient (Wildman–Crippen LogP) is -1.31. The van der Waals surface area contributed by atoms with Gasteiger partial charge >= 0.3 is 0 Å². The van der Waals surface area contributed by atoms with Crippen LogP contribution in [0.25, 0.3) is 0 Å². The van der Waals surface area contributed by atoms with Gasteiger partial charge in [0, 0.05) is 6.04 Å². The van der Waals surface area contributed by atoms with E-state index in [-0.39, 0.29) is 12.6 Å². The lowest BCUT2D eigenvalue weighted by Gasteiger charge is -2.08. The van der Waals surface area contributed by atoms with E-state index in [2.05, 4.69) is 0 Å². The smallest absolute Gasteiger partial charge is 0.0918 e. The number of aliphatic hydroxyl groups is 2. The van der Waals surface area contributed by atoms with Crippen LogP contribution in [0.3, 0.4) is 0 Å². The van der Waals surface area contributed by atoms with Crippen LogP contribution in [0.1, 0.15) is 6.92 Å². The minimum Gasteiger partial charge on any atom is -0.394 e. The molecule has 2 atom stereocenters. The first kappa shape index (κ1) is 6.88. The van der Waals surface area contributed by atoms with Crippen molar-refractivity contribution in [1.82, 2.24) is 0 Å². The zero-order chi connectivity index (χ0) is 5.86. The Morgan fingerprint density at radius 1 is 1.71 bits per heavy atom. The molecule has 3 nitrogen and oxygen atoms in total. The Hall–Kier alpha value is -0.120. The maximum absolute atomic E-state index is 8.56. The molecule has 0 spiro atoms. The van der Waals surface area contributed by atoms with E-state index in [1.54, 1.807) is 6.92 Å². The van der Waals surface area contributed by atoms with Crippen LogP contribution in [0.5, 0.6) is 0 Å². The summed E-state index contributed by atoms with van der Waals surface area (Å²) in [5, 5.41) is 16.7. The van der Waals surface area contributed by atoms with Gasteiger partial charge in [0.05, 0.1) is 12.7 Å². The lowest BCUT2D eigenvalue weighted by molar-refractivity contribution is 0.0789. The van der Waals surface area contributed by atoms with Gasteiger partial charge in [-0.15, -0.1) is 0 Å². The number of hydrogen-bond donors (Lipinski definition) is 3. The van der Waals surface area contributed by atoms with Crippen LogP contribution < -0.4 is 5.73 Å². The van der Waals surface area contributed by atoms with E-state index >= 15 is 0 Å². The Morgan fingerprint density at radius 2 is 2.14 bits per heavy atom. The third-order valence-electron chi connectivity index (χ3n) is 0.794. The third-order valence-corrected chi connectivity index (χ3v) is 0.794. The van der Waals surface area contributed by atoms with E-state index in [0.717, 1.165) is 0 Å². The topological polar surface area (TPSA) is 66.5 Å². The van der Waals surface area contributed by atoms with Gasteiger partial charge < -0.3 is 15.9 Å². The van der Waals surface area contributed by atoms with Gasteiger partial charge in [-0.25, -0.2) is 0 Å². The van der Waals surface area contributed by atoms with E-state index in [0.29, 0.717) is 0 Å². The van der Waals surface area contributed by atoms with Crippen LogP contribution in [-0.4, -0.2) is 29.0 Å². The highest BCUT2D eigenvalue weighted by atomic mass is 16.3. The fraction of sp³-hybridized carbons (Fsp3) is 1.00. The van der Waals surface area contributed by atoms with Crippen molar-refractivity contribution >= 4 is 0 Å². The molecule has 0 aliphatic rings. The molecule has 0 aromatic carbocycles.